The first kappa shape index (κ1) is 23.8. The molecule has 0 N–H and O–H groups in total. The van der Waals surface area contributed by atoms with Crippen molar-refractivity contribution >= 4 is 49.3 Å². The van der Waals surface area contributed by atoms with Crippen LogP contribution >= 0.6 is 0 Å². The maximum absolute atomic E-state index is 9.53. The maximum atomic E-state index is 9.53. The highest BCUT2D eigenvalue weighted by Crippen LogP contribution is 2.38. The van der Waals surface area contributed by atoms with Gasteiger partial charge in [0.1, 0.15) is 0 Å². The molecule has 2 heterocycles. The largest absolute Gasteiger partial charge is 0.319 e. The molecular formula is C38H22N4. The van der Waals surface area contributed by atoms with Crippen LogP contribution in [0.5, 0.6) is 0 Å². The molecule has 42 heavy (non-hydrogen) atoms. The second-order valence-electron chi connectivity index (χ2n) is 10.4. The minimum atomic E-state index is 0.624. The standard InChI is InChI=1S/C38H22N4/c1-40-33-13-4-7-16-37(33)42-35-15-6-2-11-29(35)31-19-18-27(23-38(31)42)26-9-8-10-28(22-26)41-34-14-5-3-12-30(34)32-21-25(24-39)17-20-36(32)41/h2-23H. The summed E-state index contributed by atoms with van der Waals surface area (Å²) in [6.07, 6.45) is 0. The second-order valence-corrected chi connectivity index (χ2v) is 10.4. The summed E-state index contributed by atoms with van der Waals surface area (Å²) in [4.78, 5) is 3.83. The number of aromatic nitrogens is 2. The van der Waals surface area contributed by atoms with Crippen LogP contribution in [0.25, 0.3) is 71.0 Å². The van der Waals surface area contributed by atoms with Gasteiger partial charge >= 0.3 is 0 Å². The first-order valence-corrected chi connectivity index (χ1v) is 13.8. The van der Waals surface area contributed by atoms with Crippen molar-refractivity contribution in [3.8, 4) is 28.6 Å². The van der Waals surface area contributed by atoms with E-state index in [4.69, 9.17) is 6.57 Å². The van der Waals surface area contributed by atoms with Crippen molar-refractivity contribution in [1.29, 1.82) is 5.26 Å². The number of nitrogens with zero attached hydrogens (tertiary/aromatic N) is 4. The quantitative estimate of drug-likeness (QED) is 0.208. The Labute approximate surface area is 242 Å². The summed E-state index contributed by atoms with van der Waals surface area (Å²) in [5.41, 5.74) is 9.73. The Balaban J connectivity index is 1.36. The van der Waals surface area contributed by atoms with E-state index in [0.29, 0.717) is 11.3 Å². The lowest BCUT2D eigenvalue weighted by Gasteiger charge is -2.12. The van der Waals surface area contributed by atoms with Crippen molar-refractivity contribution in [2.24, 2.45) is 0 Å². The topological polar surface area (TPSA) is 38.0 Å². The van der Waals surface area contributed by atoms with Gasteiger partial charge in [-0.05, 0) is 65.7 Å². The molecule has 0 bridgehead atoms. The first-order valence-electron chi connectivity index (χ1n) is 13.8. The number of para-hydroxylation sites is 4. The van der Waals surface area contributed by atoms with Crippen molar-refractivity contribution in [2.75, 3.05) is 0 Å². The fourth-order valence-electron chi connectivity index (χ4n) is 6.30. The van der Waals surface area contributed by atoms with Crippen LogP contribution < -0.4 is 0 Å². The Kier molecular flexibility index (Phi) is 5.22. The molecular weight excluding hydrogens is 512 g/mol. The molecule has 0 fully saturated rings. The normalized spacial score (nSPS) is 11.3. The van der Waals surface area contributed by atoms with Gasteiger partial charge in [0.2, 0.25) is 5.69 Å². The van der Waals surface area contributed by atoms with Crippen molar-refractivity contribution in [2.45, 2.75) is 0 Å². The highest BCUT2D eigenvalue weighted by atomic mass is 15.0. The van der Waals surface area contributed by atoms with Crippen LogP contribution in [0.1, 0.15) is 5.56 Å². The lowest BCUT2D eigenvalue weighted by atomic mass is 10.0. The third kappa shape index (κ3) is 3.47. The molecule has 0 aliphatic rings. The predicted molar refractivity (Wildman–Crippen MR) is 172 cm³/mol. The van der Waals surface area contributed by atoms with Gasteiger partial charge in [0.15, 0.2) is 0 Å². The zero-order valence-corrected chi connectivity index (χ0v) is 22.5. The van der Waals surface area contributed by atoms with Crippen LogP contribution in [0.3, 0.4) is 0 Å². The van der Waals surface area contributed by atoms with E-state index in [1.54, 1.807) is 0 Å². The molecule has 0 aliphatic heterocycles. The Morgan fingerprint density at radius 1 is 0.524 bits per heavy atom. The maximum Gasteiger partial charge on any atom is 0.210 e. The molecule has 194 valence electrons. The summed E-state index contributed by atoms with van der Waals surface area (Å²) in [5.74, 6) is 0. The van der Waals surface area contributed by atoms with E-state index in [2.05, 4.69) is 98.9 Å². The number of nitriles is 1. The number of benzene rings is 6. The van der Waals surface area contributed by atoms with E-state index in [9.17, 15) is 5.26 Å². The SMILES string of the molecule is [C-]#[N+]c1ccccc1-n1c2ccccc2c2ccc(-c3cccc(-n4c5ccccc5c5cc(C#N)ccc54)c3)cc21. The molecule has 6 aromatic carbocycles. The molecule has 0 unspecified atom stereocenters. The van der Waals surface area contributed by atoms with E-state index in [-0.39, 0.29) is 0 Å². The fourth-order valence-corrected chi connectivity index (χ4v) is 6.30. The summed E-state index contributed by atoms with van der Waals surface area (Å²) < 4.78 is 4.49. The number of rotatable bonds is 3. The van der Waals surface area contributed by atoms with Gasteiger partial charge in [-0.3, -0.25) is 0 Å². The van der Waals surface area contributed by atoms with Gasteiger partial charge in [-0.1, -0.05) is 78.9 Å². The summed E-state index contributed by atoms with van der Waals surface area (Å²) in [5, 5.41) is 14.0. The smallest absolute Gasteiger partial charge is 0.210 e. The monoisotopic (exact) mass is 534 g/mol. The summed E-state index contributed by atoms with van der Waals surface area (Å²) >= 11 is 0. The van der Waals surface area contributed by atoms with E-state index in [1.165, 1.54) is 0 Å². The van der Waals surface area contributed by atoms with Crippen LogP contribution in [-0.2, 0) is 0 Å². The van der Waals surface area contributed by atoms with Gasteiger partial charge < -0.3 is 9.13 Å². The third-order valence-corrected chi connectivity index (χ3v) is 8.16. The van der Waals surface area contributed by atoms with Gasteiger partial charge in [0.25, 0.3) is 0 Å². The molecule has 0 radical (unpaired) electrons. The average Bonchev–Trinajstić information content (AvgIpc) is 3.56. The minimum Gasteiger partial charge on any atom is -0.319 e. The molecule has 0 atom stereocenters. The van der Waals surface area contributed by atoms with E-state index in [0.717, 1.165) is 66.1 Å². The van der Waals surface area contributed by atoms with E-state index < -0.39 is 0 Å². The fraction of sp³-hybridized carbons (Fsp3) is 0. The highest BCUT2D eigenvalue weighted by molar-refractivity contribution is 6.11. The van der Waals surface area contributed by atoms with E-state index in [1.807, 2.05) is 54.6 Å². The molecule has 4 nitrogen and oxygen atoms in total. The Bertz CT molecular complexity index is 2440. The zero-order valence-electron chi connectivity index (χ0n) is 22.5. The van der Waals surface area contributed by atoms with Gasteiger partial charge in [-0.15, -0.1) is 0 Å². The number of fused-ring (bicyclic) bond motifs is 6. The molecule has 2 aromatic heterocycles. The van der Waals surface area contributed by atoms with Crippen molar-refractivity contribution in [3.05, 3.63) is 150 Å². The predicted octanol–water partition coefficient (Wildman–Crippen LogP) is 9.97. The molecule has 0 amide bonds. The third-order valence-electron chi connectivity index (χ3n) is 8.16. The van der Waals surface area contributed by atoms with Crippen LogP contribution in [0.4, 0.5) is 5.69 Å². The lowest BCUT2D eigenvalue weighted by molar-refractivity contribution is 1.18. The van der Waals surface area contributed by atoms with Crippen molar-refractivity contribution < 1.29 is 0 Å². The Morgan fingerprint density at radius 2 is 1.19 bits per heavy atom. The molecule has 0 aliphatic carbocycles. The lowest BCUT2D eigenvalue weighted by Crippen LogP contribution is -1.95. The van der Waals surface area contributed by atoms with Gasteiger partial charge in [-0.2, -0.15) is 5.26 Å². The second kappa shape index (κ2) is 9.24. The van der Waals surface area contributed by atoms with Crippen molar-refractivity contribution in [3.63, 3.8) is 0 Å². The molecule has 0 saturated heterocycles. The van der Waals surface area contributed by atoms with Gasteiger partial charge in [-0.25, -0.2) is 4.85 Å². The molecule has 8 aromatic rings. The molecule has 4 heteroatoms. The van der Waals surface area contributed by atoms with Crippen LogP contribution in [0.2, 0.25) is 0 Å². The highest BCUT2D eigenvalue weighted by Gasteiger charge is 2.16. The van der Waals surface area contributed by atoms with Crippen molar-refractivity contribution in [1.82, 2.24) is 9.13 Å². The van der Waals surface area contributed by atoms with Gasteiger partial charge in [0, 0.05) is 27.2 Å². The zero-order chi connectivity index (χ0) is 28.2. The average molecular weight is 535 g/mol. The molecule has 8 rings (SSSR count). The summed E-state index contributed by atoms with van der Waals surface area (Å²) in [6, 6.07) is 47.9. The van der Waals surface area contributed by atoms with E-state index >= 15 is 0 Å². The Morgan fingerprint density at radius 3 is 2.00 bits per heavy atom. The number of hydrogen-bond donors (Lipinski definition) is 0. The van der Waals surface area contributed by atoms with Gasteiger partial charge in [0.05, 0.1) is 46.0 Å². The van der Waals surface area contributed by atoms with Crippen LogP contribution in [-0.4, -0.2) is 9.13 Å². The summed E-state index contributed by atoms with van der Waals surface area (Å²) in [6.45, 7) is 7.80. The van der Waals surface area contributed by atoms with Crippen LogP contribution in [0, 0.1) is 17.9 Å². The summed E-state index contributed by atoms with van der Waals surface area (Å²) in [7, 11) is 0. The Hall–Kier alpha value is -6.10. The minimum absolute atomic E-state index is 0.624. The molecule has 0 spiro atoms. The molecule has 0 saturated carbocycles. The number of hydrogen-bond acceptors (Lipinski definition) is 1. The van der Waals surface area contributed by atoms with Crippen LogP contribution in [0.15, 0.2) is 133 Å². The first-order chi connectivity index (χ1) is 20.7.